The molecule has 1 aliphatic rings. The molecule has 32 heavy (non-hydrogen) atoms. The Kier molecular flexibility index (Phi) is 9.36. The van der Waals surface area contributed by atoms with Crippen molar-refractivity contribution in [1.29, 1.82) is 0 Å². The first-order chi connectivity index (χ1) is 15.0. The van der Waals surface area contributed by atoms with Crippen molar-refractivity contribution >= 4 is 34.2 Å². The van der Waals surface area contributed by atoms with E-state index in [-0.39, 0.29) is 29.4 Å². The number of nitrogens with zero attached hydrogens (tertiary/aromatic N) is 1. The first-order valence-electron chi connectivity index (χ1n) is 11.0. The summed E-state index contributed by atoms with van der Waals surface area (Å²) in [5, 5.41) is 5.46. The quantitative estimate of drug-likeness (QED) is 0.614. The van der Waals surface area contributed by atoms with Gasteiger partial charge >= 0.3 is 0 Å². The number of anilines is 1. The highest BCUT2D eigenvalue weighted by atomic mass is 32.2. The monoisotopic (exact) mass is 467 g/mol. The summed E-state index contributed by atoms with van der Waals surface area (Å²) in [6.07, 6.45) is 4.65. The lowest BCUT2D eigenvalue weighted by Crippen LogP contribution is -2.56. The highest BCUT2D eigenvalue weighted by Crippen LogP contribution is 2.25. The molecule has 0 unspecified atom stereocenters. The Morgan fingerprint density at radius 1 is 1.09 bits per heavy atom. The van der Waals surface area contributed by atoms with Crippen LogP contribution in [0.3, 0.4) is 0 Å². The largest absolute Gasteiger partial charge is 0.350 e. The number of carbonyl (C=O) groups excluding carboxylic acids is 3. The van der Waals surface area contributed by atoms with Crippen LogP contribution in [0.5, 0.6) is 0 Å². The summed E-state index contributed by atoms with van der Waals surface area (Å²) in [4.78, 5) is 39.6. The van der Waals surface area contributed by atoms with E-state index in [9.17, 15) is 23.0 Å². The molecule has 1 fully saturated rings. The van der Waals surface area contributed by atoms with E-state index < -0.39 is 34.1 Å². The molecule has 1 aromatic carbocycles. The molecule has 0 heterocycles. The van der Waals surface area contributed by atoms with Gasteiger partial charge in [0.05, 0.1) is 0 Å². The van der Waals surface area contributed by atoms with Gasteiger partial charge < -0.3 is 15.5 Å². The normalized spacial score (nSPS) is 16.7. The molecule has 0 bridgehead atoms. The van der Waals surface area contributed by atoms with Crippen molar-refractivity contribution in [2.24, 2.45) is 0 Å². The topological polar surface area (TPSA) is 95.6 Å². The molecule has 0 aromatic heterocycles. The first kappa shape index (κ1) is 26.0. The van der Waals surface area contributed by atoms with Crippen molar-refractivity contribution in [3.05, 3.63) is 30.1 Å². The lowest BCUT2D eigenvalue weighted by atomic mass is 9.93. The zero-order chi connectivity index (χ0) is 23.9. The van der Waals surface area contributed by atoms with Crippen molar-refractivity contribution < 1.29 is 23.0 Å². The SMILES string of the molecule is C[C@H](C(=O)NC(C)(C)C)N(C(=O)C[S@](=O)CC(=O)Nc1ccc(F)cc1)C1CCCCC1. The van der Waals surface area contributed by atoms with Crippen LogP contribution in [0.25, 0.3) is 0 Å². The van der Waals surface area contributed by atoms with Crippen LogP contribution in [0, 0.1) is 5.82 Å². The minimum atomic E-state index is -1.74. The maximum absolute atomic E-state index is 13.1. The van der Waals surface area contributed by atoms with Crippen LogP contribution in [-0.4, -0.2) is 56.0 Å². The van der Waals surface area contributed by atoms with Crippen LogP contribution in [0.2, 0.25) is 0 Å². The third kappa shape index (κ3) is 8.33. The summed E-state index contributed by atoms with van der Waals surface area (Å²) in [6.45, 7) is 7.31. The molecule has 2 atom stereocenters. The zero-order valence-corrected chi connectivity index (χ0v) is 20.1. The van der Waals surface area contributed by atoms with Gasteiger partial charge in [-0.3, -0.25) is 18.6 Å². The van der Waals surface area contributed by atoms with Gasteiger partial charge in [-0.1, -0.05) is 19.3 Å². The number of halogens is 1. The Morgan fingerprint density at radius 2 is 1.69 bits per heavy atom. The van der Waals surface area contributed by atoms with Crippen LogP contribution < -0.4 is 10.6 Å². The summed E-state index contributed by atoms with van der Waals surface area (Å²) in [5.41, 5.74) is -0.0514. The van der Waals surface area contributed by atoms with Crippen molar-refractivity contribution in [1.82, 2.24) is 10.2 Å². The molecule has 2 rings (SSSR count). The second-order valence-corrected chi connectivity index (χ2v) is 10.7. The average Bonchev–Trinajstić information content (AvgIpc) is 2.69. The summed E-state index contributed by atoms with van der Waals surface area (Å²) in [7, 11) is -1.74. The maximum atomic E-state index is 13.1. The summed E-state index contributed by atoms with van der Waals surface area (Å²) < 4.78 is 25.5. The molecule has 1 saturated carbocycles. The van der Waals surface area contributed by atoms with Crippen molar-refractivity contribution in [3.63, 3.8) is 0 Å². The van der Waals surface area contributed by atoms with E-state index in [1.165, 1.54) is 24.3 Å². The third-order valence-corrected chi connectivity index (χ3v) is 6.41. The van der Waals surface area contributed by atoms with Crippen LogP contribution in [0.1, 0.15) is 59.8 Å². The number of hydrogen-bond acceptors (Lipinski definition) is 4. The minimum Gasteiger partial charge on any atom is -0.350 e. The second kappa shape index (κ2) is 11.5. The van der Waals surface area contributed by atoms with Crippen molar-refractivity contribution in [2.75, 3.05) is 16.8 Å². The summed E-state index contributed by atoms with van der Waals surface area (Å²) in [5.74, 6) is -2.28. The summed E-state index contributed by atoms with van der Waals surface area (Å²) >= 11 is 0. The number of rotatable bonds is 8. The van der Waals surface area contributed by atoms with Crippen LogP contribution in [0.15, 0.2) is 24.3 Å². The van der Waals surface area contributed by atoms with Crippen molar-refractivity contribution in [3.8, 4) is 0 Å². The van der Waals surface area contributed by atoms with E-state index >= 15 is 0 Å². The van der Waals surface area contributed by atoms with Gasteiger partial charge in [-0.05, 0) is 64.8 Å². The highest BCUT2D eigenvalue weighted by Gasteiger charge is 2.34. The first-order valence-corrected chi connectivity index (χ1v) is 12.5. The van der Waals surface area contributed by atoms with E-state index in [1.54, 1.807) is 11.8 Å². The smallest absolute Gasteiger partial charge is 0.242 e. The lowest BCUT2D eigenvalue weighted by Gasteiger charge is -2.39. The Morgan fingerprint density at radius 3 is 2.25 bits per heavy atom. The van der Waals surface area contributed by atoms with Gasteiger partial charge in [0.25, 0.3) is 0 Å². The molecular weight excluding hydrogens is 433 g/mol. The molecule has 1 aliphatic carbocycles. The van der Waals surface area contributed by atoms with Gasteiger partial charge in [0, 0.05) is 28.1 Å². The maximum Gasteiger partial charge on any atom is 0.242 e. The Labute approximate surface area is 192 Å². The lowest BCUT2D eigenvalue weighted by molar-refractivity contribution is -0.142. The van der Waals surface area contributed by atoms with E-state index in [0.29, 0.717) is 5.69 Å². The predicted molar refractivity (Wildman–Crippen MR) is 124 cm³/mol. The molecule has 7 nitrogen and oxygen atoms in total. The van der Waals surface area contributed by atoms with Gasteiger partial charge in [-0.25, -0.2) is 4.39 Å². The highest BCUT2D eigenvalue weighted by molar-refractivity contribution is 7.86. The molecule has 0 aliphatic heterocycles. The molecular formula is C23H34FN3O4S. The van der Waals surface area contributed by atoms with E-state index in [4.69, 9.17) is 0 Å². The molecule has 178 valence electrons. The Hall–Kier alpha value is -2.29. The fourth-order valence-electron chi connectivity index (χ4n) is 3.84. The minimum absolute atomic E-state index is 0.0815. The van der Waals surface area contributed by atoms with Crippen LogP contribution in [-0.2, 0) is 25.2 Å². The van der Waals surface area contributed by atoms with Crippen molar-refractivity contribution in [2.45, 2.75) is 77.4 Å². The molecule has 3 amide bonds. The molecule has 0 spiro atoms. The third-order valence-electron chi connectivity index (χ3n) is 5.26. The average molecular weight is 468 g/mol. The van der Waals surface area contributed by atoms with Crippen LogP contribution >= 0.6 is 0 Å². The molecule has 0 radical (unpaired) electrons. The van der Waals surface area contributed by atoms with Gasteiger partial charge in [0.1, 0.15) is 23.4 Å². The van der Waals surface area contributed by atoms with E-state index in [0.717, 1.165) is 32.1 Å². The fraction of sp³-hybridized carbons (Fsp3) is 0.609. The Balaban J connectivity index is 2.02. The number of amides is 3. The zero-order valence-electron chi connectivity index (χ0n) is 19.3. The van der Waals surface area contributed by atoms with Gasteiger partial charge in [-0.2, -0.15) is 0 Å². The number of hydrogen-bond donors (Lipinski definition) is 2. The number of carbonyl (C=O) groups is 3. The fourth-order valence-corrected chi connectivity index (χ4v) is 4.73. The van der Waals surface area contributed by atoms with E-state index in [1.807, 2.05) is 20.8 Å². The van der Waals surface area contributed by atoms with Gasteiger partial charge in [-0.15, -0.1) is 0 Å². The van der Waals surface area contributed by atoms with Gasteiger partial charge in [0.2, 0.25) is 17.7 Å². The Bertz CT molecular complexity index is 833. The molecule has 9 heteroatoms. The number of nitrogens with one attached hydrogen (secondary N) is 2. The predicted octanol–water partition coefficient (Wildman–Crippen LogP) is 2.98. The summed E-state index contributed by atoms with van der Waals surface area (Å²) in [6, 6.07) is 4.45. The van der Waals surface area contributed by atoms with Crippen LogP contribution in [0.4, 0.5) is 10.1 Å². The van der Waals surface area contributed by atoms with E-state index in [2.05, 4.69) is 10.6 Å². The molecule has 1 aromatic rings. The molecule has 2 N–H and O–H groups in total. The van der Waals surface area contributed by atoms with Gasteiger partial charge in [0.15, 0.2) is 0 Å². The standard InChI is InChI=1S/C23H34FN3O4S/c1-16(22(30)26-23(2,3)4)27(19-8-6-5-7-9-19)21(29)15-32(31)14-20(28)25-18-12-10-17(24)11-13-18/h10-13,16,19H,5-9,14-15H2,1-4H3,(H,25,28)(H,26,30)/t16-,32-/m1/s1. The number of benzene rings is 1. The molecule has 0 saturated heterocycles. The second-order valence-electron chi connectivity index (χ2n) is 9.29.